The summed E-state index contributed by atoms with van der Waals surface area (Å²) in [5.41, 5.74) is 3.85. The number of nitrogens with one attached hydrogen (secondary N) is 1. The monoisotopic (exact) mass is 444 g/mol. The van der Waals surface area contributed by atoms with Gasteiger partial charge < -0.3 is 10.1 Å². The molecule has 0 bridgehead atoms. The van der Waals surface area contributed by atoms with E-state index >= 15 is 0 Å². The minimum atomic E-state index is 0.388. The lowest BCUT2D eigenvalue weighted by molar-refractivity contribution is 0.334. The van der Waals surface area contributed by atoms with E-state index in [1.54, 1.807) is 7.11 Å². The van der Waals surface area contributed by atoms with Gasteiger partial charge in [0, 0.05) is 36.0 Å². The van der Waals surface area contributed by atoms with Crippen LogP contribution in [0.1, 0.15) is 66.8 Å². The average Bonchev–Trinajstić information content (AvgIpc) is 3.59. The van der Waals surface area contributed by atoms with E-state index in [-0.39, 0.29) is 0 Å². The van der Waals surface area contributed by atoms with E-state index in [1.807, 2.05) is 29.7 Å². The molecule has 0 saturated heterocycles. The molecule has 0 amide bonds. The maximum absolute atomic E-state index is 9.31. The molecule has 0 spiro atoms. The molecule has 2 aliphatic rings. The normalized spacial score (nSPS) is 20.5. The second kappa shape index (κ2) is 9.30. The van der Waals surface area contributed by atoms with Crippen LogP contribution in [0.25, 0.3) is 10.4 Å². The summed E-state index contributed by atoms with van der Waals surface area (Å²) in [6.45, 7) is 0.992. The Morgan fingerprint density at radius 2 is 1.91 bits per heavy atom. The van der Waals surface area contributed by atoms with E-state index in [9.17, 15) is 5.26 Å². The van der Waals surface area contributed by atoms with E-state index in [4.69, 9.17) is 4.74 Å². The van der Waals surface area contributed by atoms with E-state index < -0.39 is 0 Å². The molecule has 1 aromatic carbocycles. The van der Waals surface area contributed by atoms with Crippen molar-refractivity contribution in [3.8, 4) is 22.3 Å². The van der Waals surface area contributed by atoms with Crippen molar-refractivity contribution in [2.45, 2.75) is 50.4 Å². The molecule has 5 nitrogen and oxygen atoms in total. The Morgan fingerprint density at radius 1 is 1.09 bits per heavy atom. The molecule has 0 radical (unpaired) electrons. The van der Waals surface area contributed by atoms with Crippen LogP contribution in [-0.2, 0) is 0 Å². The number of benzene rings is 1. The van der Waals surface area contributed by atoms with Gasteiger partial charge in [0.1, 0.15) is 6.07 Å². The molecule has 2 heterocycles. The summed E-state index contributed by atoms with van der Waals surface area (Å²) in [5.74, 6) is 2.36. The van der Waals surface area contributed by atoms with Crippen LogP contribution >= 0.6 is 11.3 Å². The van der Waals surface area contributed by atoms with Gasteiger partial charge in [0.2, 0.25) is 0 Å². The minimum absolute atomic E-state index is 0.388. The zero-order valence-electron chi connectivity index (χ0n) is 18.4. The molecule has 32 heavy (non-hydrogen) atoms. The quantitative estimate of drug-likeness (QED) is 0.460. The molecule has 2 saturated carbocycles. The topological polar surface area (TPSA) is 70.8 Å². The molecule has 3 aromatic rings. The summed E-state index contributed by atoms with van der Waals surface area (Å²) in [4.78, 5) is 10.4. The average molecular weight is 445 g/mol. The van der Waals surface area contributed by atoms with Gasteiger partial charge in [-0.1, -0.05) is 12.1 Å². The van der Waals surface area contributed by atoms with Crippen molar-refractivity contribution in [3.05, 3.63) is 59.0 Å². The number of thiazole rings is 1. The maximum atomic E-state index is 9.31. The number of aromatic nitrogens is 2. The highest BCUT2D eigenvalue weighted by molar-refractivity contribution is 7.15. The summed E-state index contributed by atoms with van der Waals surface area (Å²) in [6, 6.07) is 14.8. The number of nitriles is 1. The Balaban J connectivity index is 1.15. The van der Waals surface area contributed by atoms with Gasteiger partial charge in [0.15, 0.2) is 11.4 Å². The number of rotatable bonds is 7. The third-order valence-electron chi connectivity index (χ3n) is 6.66. The van der Waals surface area contributed by atoms with Gasteiger partial charge in [-0.2, -0.15) is 5.26 Å². The maximum Gasteiger partial charge on any atom is 0.182 e. The molecule has 6 heteroatoms. The smallest absolute Gasteiger partial charge is 0.182 e. The highest BCUT2D eigenvalue weighted by Gasteiger charge is 2.27. The summed E-state index contributed by atoms with van der Waals surface area (Å²) < 4.78 is 5.22. The number of nitrogens with zero attached hydrogens (tertiary/aromatic N) is 3. The highest BCUT2D eigenvalue weighted by atomic mass is 32.1. The van der Waals surface area contributed by atoms with Crippen LogP contribution in [0.15, 0.2) is 42.6 Å². The first-order valence-corrected chi connectivity index (χ1v) is 12.3. The number of methoxy groups -OCH3 is 1. The van der Waals surface area contributed by atoms with E-state index in [0.29, 0.717) is 29.2 Å². The van der Waals surface area contributed by atoms with Gasteiger partial charge in [-0.15, -0.1) is 11.3 Å². The zero-order valence-corrected chi connectivity index (χ0v) is 19.2. The second-order valence-electron chi connectivity index (χ2n) is 8.92. The standard InChI is InChI=1S/C26H28N4OS/c1-31-24-12-11-22(30-23(24)14-27)18-7-5-17(6-8-18)15-28-21-4-2-3-20(13-21)25-16-29-26(32-25)19-9-10-19/h2-4,11-13,16-19,28H,5-10,15H2,1H3. The Kier molecular flexibility index (Phi) is 6.09. The molecule has 2 aliphatic carbocycles. The molecule has 0 unspecified atom stereocenters. The molecule has 1 N–H and O–H groups in total. The Labute approximate surface area is 193 Å². The van der Waals surface area contributed by atoms with E-state index in [1.165, 1.54) is 46.8 Å². The zero-order chi connectivity index (χ0) is 21.9. The fourth-order valence-electron chi connectivity index (χ4n) is 4.58. The molecule has 0 atom stereocenters. The fraction of sp³-hybridized carbons (Fsp3) is 0.423. The second-order valence-corrected chi connectivity index (χ2v) is 9.98. The van der Waals surface area contributed by atoms with E-state index in [2.05, 4.69) is 45.6 Å². The molecular formula is C26H28N4OS. The first kappa shape index (κ1) is 21.0. The molecular weight excluding hydrogens is 416 g/mol. The summed E-state index contributed by atoms with van der Waals surface area (Å²) in [7, 11) is 1.58. The van der Waals surface area contributed by atoms with Crippen LogP contribution in [0.4, 0.5) is 5.69 Å². The largest absolute Gasteiger partial charge is 0.494 e. The van der Waals surface area contributed by atoms with Crippen LogP contribution in [0.5, 0.6) is 5.75 Å². The van der Waals surface area contributed by atoms with Crippen molar-refractivity contribution in [2.24, 2.45) is 5.92 Å². The summed E-state index contributed by atoms with van der Waals surface area (Å²) >= 11 is 1.84. The lowest BCUT2D eigenvalue weighted by Crippen LogP contribution is -2.21. The van der Waals surface area contributed by atoms with Crippen LogP contribution in [0.3, 0.4) is 0 Å². The molecule has 2 fully saturated rings. The van der Waals surface area contributed by atoms with Crippen molar-refractivity contribution < 1.29 is 4.74 Å². The van der Waals surface area contributed by atoms with Crippen molar-refractivity contribution in [1.29, 1.82) is 5.26 Å². The minimum Gasteiger partial charge on any atom is -0.494 e. The van der Waals surface area contributed by atoms with Gasteiger partial charge in [-0.3, -0.25) is 0 Å². The highest BCUT2D eigenvalue weighted by Crippen LogP contribution is 2.43. The third-order valence-corrected chi connectivity index (χ3v) is 7.87. The van der Waals surface area contributed by atoms with Crippen LogP contribution < -0.4 is 10.1 Å². The lowest BCUT2D eigenvalue weighted by atomic mass is 9.80. The van der Waals surface area contributed by atoms with Crippen molar-refractivity contribution in [1.82, 2.24) is 9.97 Å². The predicted octanol–water partition coefficient (Wildman–Crippen LogP) is 6.35. The lowest BCUT2D eigenvalue weighted by Gasteiger charge is -2.28. The van der Waals surface area contributed by atoms with Crippen molar-refractivity contribution >= 4 is 17.0 Å². The third kappa shape index (κ3) is 4.63. The first-order valence-electron chi connectivity index (χ1n) is 11.5. The number of pyridine rings is 1. The Bertz CT molecular complexity index is 1120. The molecule has 0 aliphatic heterocycles. The molecule has 2 aromatic heterocycles. The van der Waals surface area contributed by atoms with Gasteiger partial charge in [0.05, 0.1) is 17.0 Å². The number of hydrogen-bond donors (Lipinski definition) is 1. The van der Waals surface area contributed by atoms with E-state index in [0.717, 1.165) is 25.1 Å². The van der Waals surface area contributed by atoms with Gasteiger partial charge in [0.25, 0.3) is 0 Å². The number of anilines is 1. The number of hydrogen-bond acceptors (Lipinski definition) is 6. The molecule has 164 valence electrons. The van der Waals surface area contributed by atoms with Gasteiger partial charge >= 0.3 is 0 Å². The molecule has 5 rings (SSSR count). The van der Waals surface area contributed by atoms with Crippen molar-refractivity contribution in [2.75, 3.05) is 19.0 Å². The Hall–Kier alpha value is -2.91. The summed E-state index contributed by atoms with van der Waals surface area (Å²) in [5, 5.41) is 14.3. The van der Waals surface area contributed by atoms with Crippen LogP contribution in [0, 0.1) is 17.2 Å². The first-order chi connectivity index (χ1) is 15.7. The SMILES string of the molecule is COc1ccc(C2CCC(CNc3cccc(-c4cnc(C5CC5)s4)c3)CC2)nc1C#N. The Morgan fingerprint density at radius 3 is 2.66 bits per heavy atom. The predicted molar refractivity (Wildman–Crippen MR) is 128 cm³/mol. The van der Waals surface area contributed by atoms with Crippen LogP contribution in [-0.4, -0.2) is 23.6 Å². The van der Waals surface area contributed by atoms with Gasteiger partial charge in [-0.05, 0) is 74.3 Å². The van der Waals surface area contributed by atoms with Crippen LogP contribution in [0.2, 0.25) is 0 Å². The number of ether oxygens (including phenoxy) is 1. The summed E-state index contributed by atoms with van der Waals surface area (Å²) in [6.07, 6.45) is 9.20. The van der Waals surface area contributed by atoms with Crippen molar-refractivity contribution in [3.63, 3.8) is 0 Å². The van der Waals surface area contributed by atoms with Gasteiger partial charge in [-0.25, -0.2) is 9.97 Å². The fourth-order valence-corrected chi connectivity index (χ4v) is 5.66.